The van der Waals surface area contributed by atoms with Crippen LogP contribution in [0.4, 0.5) is 0 Å². The van der Waals surface area contributed by atoms with Gasteiger partial charge in [0.1, 0.15) is 0 Å². The molecule has 8 heteroatoms. The first-order chi connectivity index (χ1) is 17.7. The molecule has 8 nitrogen and oxygen atoms in total. The second kappa shape index (κ2) is 10.4. The molecule has 0 fully saturated rings. The number of H-pyrrole nitrogens is 1. The third kappa shape index (κ3) is 4.65. The Kier molecular flexibility index (Phi) is 6.66. The van der Waals surface area contributed by atoms with Crippen molar-refractivity contribution in [2.45, 2.75) is 32.9 Å². The fourth-order valence-electron chi connectivity index (χ4n) is 4.49. The van der Waals surface area contributed by atoms with Gasteiger partial charge in [-0.3, -0.25) is 13.9 Å². The molecule has 180 valence electrons. The molecule has 0 bridgehead atoms. The van der Waals surface area contributed by atoms with Gasteiger partial charge >= 0.3 is 5.69 Å². The molecule has 0 aliphatic carbocycles. The van der Waals surface area contributed by atoms with E-state index in [0.29, 0.717) is 18.8 Å². The highest BCUT2D eigenvalue weighted by Crippen LogP contribution is 2.32. The Hall–Kier alpha value is -4.59. The molecule has 3 aromatic carbocycles. The molecule has 5 aromatic rings. The van der Waals surface area contributed by atoms with Gasteiger partial charge in [0.05, 0.1) is 13.1 Å². The van der Waals surface area contributed by atoms with E-state index in [-0.39, 0.29) is 17.8 Å². The van der Waals surface area contributed by atoms with Crippen LogP contribution in [-0.4, -0.2) is 29.8 Å². The van der Waals surface area contributed by atoms with E-state index in [0.717, 1.165) is 39.9 Å². The first-order valence-electron chi connectivity index (χ1n) is 11.9. The molecule has 36 heavy (non-hydrogen) atoms. The highest BCUT2D eigenvalue weighted by Gasteiger charge is 2.16. The second-order valence-electron chi connectivity index (χ2n) is 8.62. The summed E-state index contributed by atoms with van der Waals surface area (Å²) in [7, 11) is 0. The summed E-state index contributed by atoms with van der Waals surface area (Å²) < 4.78 is 3.04. The molecule has 0 aliphatic rings. The number of benzene rings is 3. The Balaban J connectivity index is 1.62. The van der Waals surface area contributed by atoms with Gasteiger partial charge in [-0.25, -0.2) is 9.89 Å². The molecule has 0 aliphatic heterocycles. The van der Waals surface area contributed by atoms with Gasteiger partial charge in [-0.05, 0) is 39.1 Å². The van der Waals surface area contributed by atoms with Crippen LogP contribution in [0.1, 0.15) is 30.2 Å². The summed E-state index contributed by atoms with van der Waals surface area (Å²) >= 11 is 0. The zero-order chi connectivity index (χ0) is 24.9. The summed E-state index contributed by atoms with van der Waals surface area (Å²) in [4.78, 5) is 26.6. The lowest BCUT2D eigenvalue weighted by Crippen LogP contribution is -2.41. The van der Waals surface area contributed by atoms with E-state index in [4.69, 9.17) is 0 Å². The Labute approximate surface area is 207 Å². The summed E-state index contributed by atoms with van der Waals surface area (Å²) in [6.07, 6.45) is 1.46. The lowest BCUT2D eigenvalue weighted by atomic mass is 9.95. The minimum absolute atomic E-state index is 0.230. The van der Waals surface area contributed by atoms with Gasteiger partial charge in [-0.15, -0.1) is 5.10 Å². The van der Waals surface area contributed by atoms with E-state index in [1.807, 2.05) is 85.8 Å². The molecule has 2 heterocycles. The molecular formula is C28H26N6O2. The van der Waals surface area contributed by atoms with Crippen LogP contribution in [-0.2, 0) is 19.5 Å². The molecule has 2 aromatic heterocycles. The van der Waals surface area contributed by atoms with Crippen LogP contribution in [0.5, 0.6) is 0 Å². The molecule has 0 unspecified atom stereocenters. The number of rotatable bonds is 8. The first kappa shape index (κ1) is 23.2. The lowest BCUT2D eigenvalue weighted by molar-refractivity contribution is 0.582. The summed E-state index contributed by atoms with van der Waals surface area (Å²) in [5.74, 6) is 0.570. The quantitative estimate of drug-likeness (QED) is 0.365. The van der Waals surface area contributed by atoms with Gasteiger partial charge in [0.2, 0.25) is 0 Å². The van der Waals surface area contributed by atoms with Crippen molar-refractivity contribution in [2.24, 2.45) is 0 Å². The van der Waals surface area contributed by atoms with E-state index in [9.17, 15) is 9.59 Å². The van der Waals surface area contributed by atoms with Crippen molar-refractivity contribution in [2.75, 3.05) is 0 Å². The molecule has 5 rings (SSSR count). The fourth-order valence-corrected chi connectivity index (χ4v) is 4.49. The summed E-state index contributed by atoms with van der Waals surface area (Å²) in [6, 6.07) is 27.0. The van der Waals surface area contributed by atoms with Crippen molar-refractivity contribution in [3.63, 3.8) is 0 Å². The molecule has 0 amide bonds. The van der Waals surface area contributed by atoms with Gasteiger partial charge < -0.3 is 0 Å². The highest BCUT2D eigenvalue weighted by atomic mass is 16.2. The van der Waals surface area contributed by atoms with Gasteiger partial charge in [0.25, 0.3) is 5.56 Å². The molecule has 0 spiro atoms. The number of aromatic amines is 1. The van der Waals surface area contributed by atoms with E-state index >= 15 is 0 Å². The SMILES string of the molecule is CCCc1cc(=O)n(Cc2ccccc2)c(=O)n1Cc1ccccc1-c1ccccc1-c1nnn[nH]1. The largest absolute Gasteiger partial charge is 0.331 e. The maximum atomic E-state index is 13.7. The normalized spacial score (nSPS) is 11.0. The van der Waals surface area contributed by atoms with Crippen LogP contribution in [0.25, 0.3) is 22.5 Å². The number of tetrazole rings is 1. The van der Waals surface area contributed by atoms with Crippen molar-refractivity contribution in [3.05, 3.63) is 123 Å². The second-order valence-corrected chi connectivity index (χ2v) is 8.62. The molecule has 0 saturated carbocycles. The zero-order valence-corrected chi connectivity index (χ0v) is 20.0. The van der Waals surface area contributed by atoms with E-state index in [2.05, 4.69) is 20.6 Å². The smallest absolute Gasteiger partial charge is 0.293 e. The standard InChI is InChI=1S/C28H26N6O2/c1-2-10-22-17-26(35)34(18-20-11-4-3-5-12-20)28(36)33(22)19-21-13-6-7-14-23(21)24-15-8-9-16-25(24)27-29-31-32-30-27/h3-9,11-17H,2,10,18-19H2,1H3,(H,29,30,31,32). The summed E-state index contributed by atoms with van der Waals surface area (Å²) in [5, 5.41) is 14.4. The minimum Gasteiger partial charge on any atom is -0.293 e. The summed E-state index contributed by atoms with van der Waals surface area (Å²) in [5.41, 5.74) is 4.80. The highest BCUT2D eigenvalue weighted by molar-refractivity contribution is 5.82. The van der Waals surface area contributed by atoms with Crippen molar-refractivity contribution in [1.82, 2.24) is 29.8 Å². The predicted octanol–water partition coefficient (Wildman–Crippen LogP) is 3.91. The van der Waals surface area contributed by atoms with Crippen molar-refractivity contribution in [1.29, 1.82) is 0 Å². The predicted molar refractivity (Wildman–Crippen MR) is 139 cm³/mol. The molecular weight excluding hydrogens is 452 g/mol. The van der Waals surface area contributed by atoms with Crippen LogP contribution < -0.4 is 11.2 Å². The lowest BCUT2D eigenvalue weighted by Gasteiger charge is -2.18. The maximum absolute atomic E-state index is 13.7. The summed E-state index contributed by atoms with van der Waals surface area (Å²) in [6.45, 7) is 2.61. The van der Waals surface area contributed by atoms with Gasteiger partial charge in [0, 0.05) is 17.3 Å². The monoisotopic (exact) mass is 478 g/mol. The Bertz CT molecular complexity index is 1590. The van der Waals surface area contributed by atoms with Crippen molar-refractivity contribution in [3.8, 4) is 22.5 Å². The van der Waals surface area contributed by atoms with Crippen LogP contribution in [0, 0.1) is 0 Å². The molecule has 0 saturated heterocycles. The van der Waals surface area contributed by atoms with Gasteiger partial charge in [0.15, 0.2) is 5.82 Å². The Morgan fingerprint density at radius 3 is 2.19 bits per heavy atom. The van der Waals surface area contributed by atoms with Gasteiger partial charge in [-0.2, -0.15) is 0 Å². The number of nitrogens with one attached hydrogen (secondary N) is 1. The van der Waals surface area contributed by atoms with Crippen LogP contribution in [0.2, 0.25) is 0 Å². The average molecular weight is 479 g/mol. The van der Waals surface area contributed by atoms with Crippen LogP contribution in [0.3, 0.4) is 0 Å². The third-order valence-corrected chi connectivity index (χ3v) is 6.22. The number of nitrogens with zero attached hydrogens (tertiary/aromatic N) is 5. The Morgan fingerprint density at radius 1 is 0.778 bits per heavy atom. The van der Waals surface area contributed by atoms with E-state index in [1.54, 1.807) is 10.6 Å². The zero-order valence-electron chi connectivity index (χ0n) is 20.0. The molecule has 0 radical (unpaired) electrons. The van der Waals surface area contributed by atoms with Crippen molar-refractivity contribution >= 4 is 0 Å². The number of hydrogen-bond acceptors (Lipinski definition) is 5. The number of aromatic nitrogens is 6. The topological polar surface area (TPSA) is 98.5 Å². The molecule has 0 atom stereocenters. The Morgan fingerprint density at radius 2 is 1.47 bits per heavy atom. The van der Waals surface area contributed by atoms with Crippen LogP contribution in [0.15, 0.2) is 94.5 Å². The van der Waals surface area contributed by atoms with E-state index in [1.165, 1.54) is 4.57 Å². The number of hydrogen-bond donors (Lipinski definition) is 1. The van der Waals surface area contributed by atoms with Crippen LogP contribution >= 0.6 is 0 Å². The maximum Gasteiger partial charge on any atom is 0.331 e. The first-order valence-corrected chi connectivity index (χ1v) is 11.9. The number of aryl methyl sites for hydroxylation is 1. The van der Waals surface area contributed by atoms with Gasteiger partial charge in [-0.1, -0.05) is 92.2 Å². The third-order valence-electron chi connectivity index (χ3n) is 6.22. The molecule has 1 N–H and O–H groups in total. The minimum atomic E-state index is -0.308. The fraction of sp³-hybridized carbons (Fsp3) is 0.179. The van der Waals surface area contributed by atoms with E-state index < -0.39 is 0 Å². The van der Waals surface area contributed by atoms with Crippen molar-refractivity contribution < 1.29 is 0 Å². The average Bonchev–Trinajstić information content (AvgIpc) is 3.45.